The molecule has 0 aromatic heterocycles. The summed E-state index contributed by atoms with van der Waals surface area (Å²) in [6, 6.07) is 9.49. The second-order valence-electron chi connectivity index (χ2n) is 5.96. The van der Waals surface area contributed by atoms with Gasteiger partial charge in [0.1, 0.15) is 0 Å². The highest BCUT2D eigenvalue weighted by molar-refractivity contribution is 5.34. The molecule has 19 heavy (non-hydrogen) atoms. The number of hydrogen-bond donors (Lipinski definition) is 1. The van der Waals surface area contributed by atoms with Gasteiger partial charge in [-0.2, -0.15) is 5.26 Å². The van der Waals surface area contributed by atoms with Gasteiger partial charge < -0.3 is 5.11 Å². The quantitative estimate of drug-likeness (QED) is 0.890. The zero-order valence-electron chi connectivity index (χ0n) is 11.9. The van der Waals surface area contributed by atoms with Crippen LogP contribution in [0.25, 0.3) is 0 Å². The van der Waals surface area contributed by atoms with Crippen molar-refractivity contribution >= 4 is 0 Å². The van der Waals surface area contributed by atoms with E-state index in [0.717, 1.165) is 24.3 Å². The number of nitriles is 1. The van der Waals surface area contributed by atoms with Crippen LogP contribution in [0.5, 0.6) is 0 Å². The second-order valence-corrected chi connectivity index (χ2v) is 5.96. The van der Waals surface area contributed by atoms with Gasteiger partial charge in [0.05, 0.1) is 17.2 Å². The standard InChI is InChI=1S/C17H23NO/c1-3-13-4-8-15(9-5-13)17(2,19)16-10-6-14(12-18)7-11-16/h6-7,10-11,13,15,19H,3-5,8-9H2,1-2H3. The lowest BCUT2D eigenvalue weighted by Crippen LogP contribution is -2.34. The zero-order chi connectivity index (χ0) is 13.9. The minimum atomic E-state index is -0.771. The normalized spacial score (nSPS) is 26.4. The molecule has 1 aliphatic rings. The Balaban J connectivity index is 2.11. The summed E-state index contributed by atoms with van der Waals surface area (Å²) in [5, 5.41) is 19.7. The Kier molecular flexibility index (Phi) is 4.27. The highest BCUT2D eigenvalue weighted by Gasteiger charge is 2.35. The first-order chi connectivity index (χ1) is 9.07. The summed E-state index contributed by atoms with van der Waals surface area (Å²) < 4.78 is 0. The largest absolute Gasteiger partial charge is 0.385 e. The fourth-order valence-corrected chi connectivity index (χ4v) is 3.25. The van der Waals surface area contributed by atoms with E-state index in [0.29, 0.717) is 11.5 Å². The van der Waals surface area contributed by atoms with Crippen LogP contribution in [0.2, 0.25) is 0 Å². The molecule has 102 valence electrons. The van der Waals surface area contributed by atoms with E-state index in [1.54, 1.807) is 12.1 Å². The van der Waals surface area contributed by atoms with Crippen LogP contribution >= 0.6 is 0 Å². The third-order valence-corrected chi connectivity index (χ3v) is 4.82. The molecule has 1 N–H and O–H groups in total. The van der Waals surface area contributed by atoms with Crippen LogP contribution in [0.15, 0.2) is 24.3 Å². The summed E-state index contributed by atoms with van der Waals surface area (Å²) in [4.78, 5) is 0. The van der Waals surface area contributed by atoms with Gasteiger partial charge in [0.25, 0.3) is 0 Å². The van der Waals surface area contributed by atoms with E-state index in [-0.39, 0.29) is 0 Å². The molecule has 0 aliphatic heterocycles. The van der Waals surface area contributed by atoms with Crippen LogP contribution in [0.1, 0.15) is 57.1 Å². The summed E-state index contributed by atoms with van der Waals surface area (Å²) in [6.45, 7) is 4.18. The van der Waals surface area contributed by atoms with Crippen LogP contribution in [0.3, 0.4) is 0 Å². The van der Waals surface area contributed by atoms with E-state index in [1.165, 1.54) is 19.3 Å². The molecule has 0 amide bonds. The Morgan fingerprint density at radius 2 is 1.79 bits per heavy atom. The maximum absolute atomic E-state index is 10.9. The fourth-order valence-electron chi connectivity index (χ4n) is 3.25. The molecule has 0 heterocycles. The van der Waals surface area contributed by atoms with Gasteiger partial charge in [-0.1, -0.05) is 38.3 Å². The van der Waals surface area contributed by atoms with Crippen molar-refractivity contribution in [1.82, 2.24) is 0 Å². The first kappa shape index (κ1) is 14.1. The number of aliphatic hydroxyl groups is 1. The van der Waals surface area contributed by atoms with Gasteiger partial charge in [0.2, 0.25) is 0 Å². The molecule has 1 aromatic carbocycles. The highest BCUT2D eigenvalue weighted by Crippen LogP contribution is 2.41. The Morgan fingerprint density at radius 3 is 2.26 bits per heavy atom. The highest BCUT2D eigenvalue weighted by atomic mass is 16.3. The van der Waals surface area contributed by atoms with Crippen molar-refractivity contribution in [3.63, 3.8) is 0 Å². The fraction of sp³-hybridized carbons (Fsp3) is 0.588. The third-order valence-electron chi connectivity index (χ3n) is 4.82. The van der Waals surface area contributed by atoms with E-state index in [4.69, 9.17) is 5.26 Å². The molecule has 1 unspecified atom stereocenters. The maximum atomic E-state index is 10.9. The van der Waals surface area contributed by atoms with E-state index in [9.17, 15) is 5.11 Å². The van der Waals surface area contributed by atoms with Gasteiger partial charge in [0, 0.05) is 0 Å². The Labute approximate surface area is 116 Å². The third kappa shape index (κ3) is 2.98. The van der Waals surface area contributed by atoms with Crippen molar-refractivity contribution in [2.24, 2.45) is 11.8 Å². The molecule has 1 aliphatic carbocycles. The van der Waals surface area contributed by atoms with Crippen LogP contribution < -0.4 is 0 Å². The predicted molar refractivity (Wildman–Crippen MR) is 76.5 cm³/mol. The smallest absolute Gasteiger partial charge is 0.0991 e. The van der Waals surface area contributed by atoms with Crippen molar-refractivity contribution in [2.45, 2.75) is 51.6 Å². The van der Waals surface area contributed by atoms with Crippen LogP contribution in [0, 0.1) is 23.2 Å². The Hall–Kier alpha value is -1.33. The molecule has 2 nitrogen and oxygen atoms in total. The second kappa shape index (κ2) is 5.75. The lowest BCUT2D eigenvalue weighted by molar-refractivity contribution is -0.0276. The van der Waals surface area contributed by atoms with Crippen molar-refractivity contribution in [3.8, 4) is 6.07 Å². The average molecular weight is 257 g/mol. The van der Waals surface area contributed by atoms with Crippen molar-refractivity contribution in [2.75, 3.05) is 0 Å². The molecule has 0 saturated heterocycles. The van der Waals surface area contributed by atoms with Gasteiger partial charge in [-0.05, 0) is 49.3 Å². The number of hydrogen-bond acceptors (Lipinski definition) is 2. The minimum absolute atomic E-state index is 0.336. The maximum Gasteiger partial charge on any atom is 0.0991 e. The summed E-state index contributed by atoms with van der Waals surface area (Å²) in [5.74, 6) is 1.18. The van der Waals surface area contributed by atoms with Gasteiger partial charge in [-0.15, -0.1) is 0 Å². The molecule has 0 radical (unpaired) electrons. The lowest BCUT2D eigenvalue weighted by Gasteiger charge is -2.38. The molecular formula is C17H23NO. The molecule has 2 heteroatoms. The summed E-state index contributed by atoms with van der Waals surface area (Å²) in [6.07, 6.45) is 5.92. The SMILES string of the molecule is CCC1CCC(C(C)(O)c2ccc(C#N)cc2)CC1. The Bertz CT molecular complexity index is 447. The van der Waals surface area contributed by atoms with E-state index >= 15 is 0 Å². The van der Waals surface area contributed by atoms with Crippen molar-refractivity contribution in [1.29, 1.82) is 5.26 Å². The molecule has 1 saturated carbocycles. The first-order valence-electron chi connectivity index (χ1n) is 7.31. The van der Waals surface area contributed by atoms with E-state index in [1.807, 2.05) is 19.1 Å². The van der Waals surface area contributed by atoms with Crippen molar-refractivity contribution < 1.29 is 5.11 Å². The monoisotopic (exact) mass is 257 g/mol. The number of rotatable bonds is 3. The molecule has 0 spiro atoms. The summed E-state index contributed by atoms with van der Waals surface area (Å²) in [7, 11) is 0. The van der Waals surface area contributed by atoms with Crippen LogP contribution in [-0.4, -0.2) is 5.11 Å². The molecule has 1 aromatic rings. The van der Waals surface area contributed by atoms with Gasteiger partial charge in [-0.3, -0.25) is 0 Å². The average Bonchev–Trinajstić information content (AvgIpc) is 2.47. The van der Waals surface area contributed by atoms with Gasteiger partial charge >= 0.3 is 0 Å². The summed E-state index contributed by atoms with van der Waals surface area (Å²) in [5.41, 5.74) is 0.813. The van der Waals surface area contributed by atoms with E-state index in [2.05, 4.69) is 13.0 Å². The van der Waals surface area contributed by atoms with Gasteiger partial charge in [0.15, 0.2) is 0 Å². The van der Waals surface area contributed by atoms with Crippen LogP contribution in [-0.2, 0) is 5.60 Å². The predicted octanol–water partition coefficient (Wildman–Crippen LogP) is 3.98. The van der Waals surface area contributed by atoms with Crippen LogP contribution in [0.4, 0.5) is 0 Å². The lowest BCUT2D eigenvalue weighted by atomic mass is 9.71. The van der Waals surface area contributed by atoms with Crippen molar-refractivity contribution in [3.05, 3.63) is 35.4 Å². The minimum Gasteiger partial charge on any atom is -0.385 e. The van der Waals surface area contributed by atoms with E-state index < -0.39 is 5.60 Å². The molecular weight excluding hydrogens is 234 g/mol. The zero-order valence-corrected chi connectivity index (χ0v) is 11.9. The molecule has 0 bridgehead atoms. The summed E-state index contributed by atoms with van der Waals surface area (Å²) >= 11 is 0. The van der Waals surface area contributed by atoms with Gasteiger partial charge in [-0.25, -0.2) is 0 Å². The topological polar surface area (TPSA) is 44.0 Å². The Morgan fingerprint density at radius 1 is 1.21 bits per heavy atom. The molecule has 1 atom stereocenters. The number of benzene rings is 1. The molecule has 2 rings (SSSR count). The number of nitrogens with zero attached hydrogens (tertiary/aromatic N) is 1. The first-order valence-corrected chi connectivity index (χ1v) is 7.31. The molecule has 1 fully saturated rings.